The van der Waals surface area contributed by atoms with Crippen LogP contribution in [0.15, 0.2) is 9.59 Å². The molecule has 0 unspecified atom stereocenters. The van der Waals surface area contributed by atoms with Crippen molar-refractivity contribution in [1.29, 1.82) is 0 Å². The summed E-state index contributed by atoms with van der Waals surface area (Å²) in [6.45, 7) is 10.8. The van der Waals surface area contributed by atoms with E-state index < -0.39 is 70.7 Å². The van der Waals surface area contributed by atoms with Crippen LogP contribution in [0, 0.1) is 23.6 Å². The maximum atomic E-state index is 13.9. The molecule has 1 fully saturated rings. The van der Waals surface area contributed by atoms with Gasteiger partial charge in [0.1, 0.15) is 23.8 Å². The van der Waals surface area contributed by atoms with Crippen LogP contribution in [0.3, 0.4) is 0 Å². The van der Waals surface area contributed by atoms with Crippen molar-refractivity contribution in [2.24, 2.45) is 23.5 Å². The highest BCUT2D eigenvalue weighted by Gasteiger charge is 2.33. The van der Waals surface area contributed by atoms with Crippen molar-refractivity contribution >= 4 is 23.6 Å². The minimum Gasteiger partial charge on any atom is -0.349 e. The van der Waals surface area contributed by atoms with Gasteiger partial charge in [-0.2, -0.15) is 4.39 Å². The van der Waals surface area contributed by atoms with Crippen LogP contribution in [0.5, 0.6) is 0 Å². The first-order valence-electron chi connectivity index (χ1n) is 15.0. The first-order valence-corrected chi connectivity index (χ1v) is 15.0. The lowest BCUT2D eigenvalue weighted by Crippen LogP contribution is -2.60. The zero-order chi connectivity index (χ0) is 32.5. The van der Waals surface area contributed by atoms with E-state index in [4.69, 9.17) is 5.73 Å². The Bertz CT molecular complexity index is 1250. The molecule has 1 aliphatic rings. The molecule has 1 heterocycles. The number of aromatic amines is 2. The van der Waals surface area contributed by atoms with Gasteiger partial charge in [0.05, 0.1) is 0 Å². The molecule has 0 bridgehead atoms. The first-order chi connectivity index (χ1) is 20.0. The quantitative estimate of drug-likeness (QED) is 0.161. The standard InChI is InChI=1S/C29H48FN7O6/c1-15(2)12-19(24(39)37-29(5,6)13-17-10-8-7-9-11-17)33-27(42)21(16(3)4)34-23(38)18(31)14-32-26(41)22-20(30)25(40)36-28(43)35-22/h15-19,21H,7-14,31H2,1-6H3,(H,32,41)(H,33,42)(H,34,38)(H,37,39)(H2,35,36,40,43)/t18-,19-,21-/m0/s1. The van der Waals surface area contributed by atoms with Crippen LogP contribution in [0.2, 0.25) is 0 Å². The van der Waals surface area contributed by atoms with Crippen molar-refractivity contribution in [3.63, 3.8) is 0 Å². The number of nitrogens with one attached hydrogen (secondary N) is 6. The molecule has 1 saturated carbocycles. The Morgan fingerprint density at radius 1 is 0.953 bits per heavy atom. The largest absolute Gasteiger partial charge is 0.349 e. The van der Waals surface area contributed by atoms with Crippen LogP contribution in [-0.4, -0.2) is 63.8 Å². The molecular weight excluding hydrogens is 561 g/mol. The maximum Gasteiger partial charge on any atom is 0.326 e. The van der Waals surface area contributed by atoms with Crippen molar-refractivity contribution in [2.75, 3.05) is 6.54 Å². The van der Waals surface area contributed by atoms with Gasteiger partial charge >= 0.3 is 5.69 Å². The summed E-state index contributed by atoms with van der Waals surface area (Å²) in [4.78, 5) is 78.1. The number of amides is 4. The second kappa shape index (κ2) is 15.8. The molecule has 0 aliphatic heterocycles. The second-order valence-corrected chi connectivity index (χ2v) is 12.9. The van der Waals surface area contributed by atoms with Gasteiger partial charge in [-0.15, -0.1) is 0 Å². The zero-order valence-corrected chi connectivity index (χ0v) is 26.0. The number of carbonyl (C=O) groups excluding carboxylic acids is 4. The summed E-state index contributed by atoms with van der Waals surface area (Å²) in [5.41, 5.74) is 2.08. The molecule has 1 aromatic rings. The average Bonchev–Trinajstić information content (AvgIpc) is 2.90. The molecule has 2 rings (SSSR count). The monoisotopic (exact) mass is 609 g/mol. The predicted molar refractivity (Wildman–Crippen MR) is 160 cm³/mol. The van der Waals surface area contributed by atoms with Gasteiger partial charge in [-0.25, -0.2) is 4.79 Å². The van der Waals surface area contributed by atoms with Crippen LogP contribution >= 0.6 is 0 Å². The molecule has 1 aliphatic carbocycles. The number of carbonyl (C=O) groups is 4. The van der Waals surface area contributed by atoms with Gasteiger partial charge in [0.15, 0.2) is 0 Å². The highest BCUT2D eigenvalue weighted by Crippen LogP contribution is 2.30. The molecule has 3 atom stereocenters. The van der Waals surface area contributed by atoms with Gasteiger partial charge in [-0.3, -0.25) is 29.0 Å². The number of hydrogen-bond donors (Lipinski definition) is 7. The number of rotatable bonds is 14. The van der Waals surface area contributed by atoms with E-state index in [0.29, 0.717) is 12.3 Å². The van der Waals surface area contributed by atoms with Gasteiger partial charge in [0.2, 0.25) is 23.5 Å². The van der Waals surface area contributed by atoms with E-state index in [-0.39, 0.29) is 17.7 Å². The van der Waals surface area contributed by atoms with E-state index in [2.05, 4.69) is 21.3 Å². The summed E-state index contributed by atoms with van der Waals surface area (Å²) in [5, 5.41) is 10.7. The predicted octanol–water partition coefficient (Wildman–Crippen LogP) is 0.796. The topological polar surface area (TPSA) is 208 Å². The van der Waals surface area contributed by atoms with Crippen LogP contribution < -0.4 is 38.2 Å². The molecule has 14 heteroatoms. The number of H-pyrrole nitrogens is 2. The Morgan fingerprint density at radius 3 is 2.16 bits per heavy atom. The summed E-state index contributed by atoms with van der Waals surface area (Å²) in [5.74, 6) is -4.02. The number of hydrogen-bond acceptors (Lipinski definition) is 7. The fourth-order valence-corrected chi connectivity index (χ4v) is 5.36. The van der Waals surface area contributed by atoms with Crippen molar-refractivity contribution in [1.82, 2.24) is 31.2 Å². The SMILES string of the molecule is CC(C)C[C@H](NC(=O)[C@@H](NC(=O)[C@@H](N)CNC(=O)c1[nH]c(=O)[nH]c(=O)c1F)C(C)C)C(=O)NC(C)(C)CC1CCCCC1. The smallest absolute Gasteiger partial charge is 0.326 e. The third kappa shape index (κ3) is 11.2. The van der Waals surface area contributed by atoms with Gasteiger partial charge in [-0.05, 0) is 44.4 Å². The fraction of sp³-hybridized carbons (Fsp3) is 0.724. The van der Waals surface area contributed by atoms with Crippen LogP contribution in [-0.2, 0) is 14.4 Å². The molecule has 1 aromatic heterocycles. The zero-order valence-electron chi connectivity index (χ0n) is 26.0. The molecule has 0 saturated heterocycles. The third-order valence-corrected chi connectivity index (χ3v) is 7.50. The lowest BCUT2D eigenvalue weighted by Gasteiger charge is -2.34. The summed E-state index contributed by atoms with van der Waals surface area (Å²) in [7, 11) is 0. The minimum atomic E-state index is -1.50. The van der Waals surface area contributed by atoms with E-state index >= 15 is 0 Å². The maximum absolute atomic E-state index is 13.9. The molecular formula is C29H48FN7O6. The van der Waals surface area contributed by atoms with Crippen LogP contribution in [0.25, 0.3) is 0 Å². The Hall–Kier alpha value is -3.55. The molecule has 13 nitrogen and oxygen atoms in total. The summed E-state index contributed by atoms with van der Waals surface area (Å²) < 4.78 is 13.9. The lowest BCUT2D eigenvalue weighted by atomic mass is 9.80. The molecule has 0 aromatic carbocycles. The Morgan fingerprint density at radius 2 is 1.58 bits per heavy atom. The normalized spacial score (nSPS) is 16.3. The number of halogens is 1. The highest BCUT2D eigenvalue weighted by molar-refractivity contribution is 5.94. The first kappa shape index (κ1) is 35.6. The summed E-state index contributed by atoms with van der Waals surface area (Å²) >= 11 is 0. The van der Waals surface area contributed by atoms with E-state index in [1.165, 1.54) is 19.3 Å². The molecule has 8 N–H and O–H groups in total. The van der Waals surface area contributed by atoms with E-state index in [9.17, 15) is 33.2 Å². The summed E-state index contributed by atoms with van der Waals surface area (Å²) in [6.07, 6.45) is 7.19. The molecule has 0 radical (unpaired) electrons. The molecule has 4 amide bonds. The number of nitrogens with two attached hydrogens (primary N) is 1. The molecule has 242 valence electrons. The van der Waals surface area contributed by atoms with Crippen molar-refractivity contribution in [2.45, 2.75) is 110 Å². The Kier molecular flexibility index (Phi) is 13.1. The van der Waals surface area contributed by atoms with E-state index in [0.717, 1.165) is 19.3 Å². The van der Waals surface area contributed by atoms with Gasteiger partial charge in [-0.1, -0.05) is 59.8 Å². The van der Waals surface area contributed by atoms with Crippen molar-refractivity contribution in [3.05, 3.63) is 32.3 Å². The summed E-state index contributed by atoms with van der Waals surface area (Å²) in [6, 6.07) is -3.23. The van der Waals surface area contributed by atoms with Crippen molar-refractivity contribution in [3.8, 4) is 0 Å². The molecule has 0 spiro atoms. The van der Waals surface area contributed by atoms with Crippen LogP contribution in [0.1, 0.15) is 97.0 Å². The van der Waals surface area contributed by atoms with E-state index in [1.807, 2.05) is 32.7 Å². The lowest BCUT2D eigenvalue weighted by molar-refractivity contribution is -0.134. The van der Waals surface area contributed by atoms with Gasteiger partial charge in [0.25, 0.3) is 11.5 Å². The average molecular weight is 610 g/mol. The van der Waals surface area contributed by atoms with E-state index in [1.54, 1.807) is 18.8 Å². The van der Waals surface area contributed by atoms with Gasteiger partial charge in [0, 0.05) is 12.1 Å². The van der Waals surface area contributed by atoms with Crippen LogP contribution in [0.4, 0.5) is 4.39 Å². The van der Waals surface area contributed by atoms with Gasteiger partial charge < -0.3 is 32.0 Å². The number of aromatic nitrogens is 2. The fourth-order valence-electron chi connectivity index (χ4n) is 5.36. The Balaban J connectivity index is 2.03. The minimum absolute atomic E-state index is 0.0987. The third-order valence-electron chi connectivity index (χ3n) is 7.50. The highest BCUT2D eigenvalue weighted by atomic mass is 19.1. The van der Waals surface area contributed by atoms with Crippen molar-refractivity contribution < 1.29 is 23.6 Å². The Labute approximate surface area is 251 Å². The second-order valence-electron chi connectivity index (χ2n) is 12.9. The molecule has 43 heavy (non-hydrogen) atoms.